The van der Waals surface area contributed by atoms with Crippen molar-refractivity contribution >= 4 is 110 Å². The van der Waals surface area contributed by atoms with E-state index in [9.17, 15) is 0 Å². The van der Waals surface area contributed by atoms with Crippen molar-refractivity contribution in [2.45, 2.75) is 66.2 Å². The zero-order valence-electron chi connectivity index (χ0n) is 45.5. The summed E-state index contributed by atoms with van der Waals surface area (Å²) in [5, 5.41) is 11.6. The fraction of sp³-hybridized carbons (Fsp3) is 0.135. The molecule has 14 rings (SSSR count). The van der Waals surface area contributed by atoms with Crippen LogP contribution in [0.15, 0.2) is 227 Å². The lowest BCUT2D eigenvalue weighted by molar-refractivity contribution is 0.572. The second-order valence-electron chi connectivity index (χ2n) is 23.4. The molecule has 2 heterocycles. The Hall–Kier alpha value is -9.12. The van der Waals surface area contributed by atoms with E-state index >= 15 is 0 Å². The van der Waals surface area contributed by atoms with Crippen LogP contribution in [0.25, 0.3) is 98.4 Å². The zero-order valence-corrected chi connectivity index (χ0v) is 45.5. The molecule has 14 aromatic rings. The molecule has 0 atom stereocenters. The van der Waals surface area contributed by atoms with Crippen molar-refractivity contribution in [3.63, 3.8) is 0 Å². The first kappa shape index (κ1) is 47.3. The van der Waals surface area contributed by atoms with Crippen LogP contribution in [0.5, 0.6) is 0 Å². The molecule has 0 N–H and O–H groups in total. The maximum absolute atomic E-state index is 7.27. The topological polar surface area (TPSA) is 32.8 Å². The first-order valence-corrected chi connectivity index (χ1v) is 27.3. The van der Waals surface area contributed by atoms with E-state index in [1.54, 1.807) is 0 Å². The maximum Gasteiger partial charge on any atom is 0.159 e. The predicted octanol–water partition coefficient (Wildman–Crippen LogP) is 21.9. The van der Waals surface area contributed by atoms with Gasteiger partial charge in [0.1, 0.15) is 11.2 Å². The zero-order chi connectivity index (χ0) is 53.2. The van der Waals surface area contributed by atoms with Crippen molar-refractivity contribution in [1.82, 2.24) is 0 Å². The summed E-state index contributed by atoms with van der Waals surface area (Å²) in [5.74, 6) is 0. The SMILES string of the molecule is Cc1ccc(C(C)(C)C)c2oc3c(N(c4cccc(-c5ccccc5)c4)c4ccc5ccc6c(N(c7cccc(-c8ccccc8)c7)c7cccc8c7oc7c(C(C)(C)C)ccc(C)c78)ccc7ccc4c5c76)cccc3c12. The molecule has 2 aromatic heterocycles. The molecule has 0 saturated carbocycles. The van der Waals surface area contributed by atoms with Gasteiger partial charge in [0, 0.05) is 54.8 Å². The third-order valence-corrected chi connectivity index (χ3v) is 16.3. The third-order valence-electron chi connectivity index (χ3n) is 16.3. The van der Waals surface area contributed by atoms with Crippen LogP contribution in [0.2, 0.25) is 0 Å². The van der Waals surface area contributed by atoms with Crippen LogP contribution >= 0.6 is 0 Å². The lowest BCUT2D eigenvalue weighted by atomic mass is 9.85. The highest BCUT2D eigenvalue weighted by Crippen LogP contribution is 2.52. The number of furan rings is 2. The average Bonchev–Trinajstić information content (AvgIpc) is 4.21. The van der Waals surface area contributed by atoms with E-state index in [0.29, 0.717) is 0 Å². The number of nitrogens with zero attached hydrogens (tertiary/aromatic N) is 2. The van der Waals surface area contributed by atoms with Crippen LogP contribution in [0, 0.1) is 13.8 Å². The summed E-state index contributed by atoms with van der Waals surface area (Å²) in [4.78, 5) is 4.88. The molecule has 4 nitrogen and oxygen atoms in total. The molecule has 0 amide bonds. The minimum absolute atomic E-state index is 0.123. The first-order valence-electron chi connectivity index (χ1n) is 27.3. The number of anilines is 6. The summed E-state index contributed by atoms with van der Waals surface area (Å²) < 4.78 is 14.5. The molecule has 12 aromatic carbocycles. The quantitative estimate of drug-likeness (QED) is 0.142. The van der Waals surface area contributed by atoms with Crippen LogP contribution in [0.3, 0.4) is 0 Å². The summed E-state index contributed by atoms with van der Waals surface area (Å²) in [5.41, 5.74) is 19.0. The normalized spacial score (nSPS) is 12.4. The van der Waals surface area contributed by atoms with Gasteiger partial charge in [-0.1, -0.05) is 211 Å². The number of para-hydroxylation sites is 2. The van der Waals surface area contributed by atoms with E-state index in [1.807, 2.05) is 0 Å². The fourth-order valence-corrected chi connectivity index (χ4v) is 12.5. The van der Waals surface area contributed by atoms with Crippen molar-refractivity contribution in [2.75, 3.05) is 9.80 Å². The fourth-order valence-electron chi connectivity index (χ4n) is 12.5. The van der Waals surface area contributed by atoms with Crippen molar-refractivity contribution in [1.29, 1.82) is 0 Å². The number of aryl methyl sites for hydroxylation is 2. The van der Waals surface area contributed by atoms with E-state index in [-0.39, 0.29) is 10.8 Å². The van der Waals surface area contributed by atoms with Crippen LogP contribution in [0.1, 0.15) is 63.8 Å². The van der Waals surface area contributed by atoms with Crippen molar-refractivity contribution in [3.8, 4) is 22.3 Å². The van der Waals surface area contributed by atoms with E-state index in [1.165, 1.54) is 54.6 Å². The monoisotopic (exact) mass is 1010 g/mol. The molecule has 0 bridgehead atoms. The van der Waals surface area contributed by atoms with Crippen LogP contribution in [-0.4, -0.2) is 0 Å². The van der Waals surface area contributed by atoms with Crippen molar-refractivity contribution in [2.24, 2.45) is 0 Å². The third kappa shape index (κ3) is 7.49. The number of hydrogen-bond acceptors (Lipinski definition) is 4. The summed E-state index contributed by atoms with van der Waals surface area (Å²) in [7, 11) is 0. The Morgan fingerprint density at radius 1 is 0.295 bits per heavy atom. The number of hydrogen-bond donors (Lipinski definition) is 0. The first-order chi connectivity index (χ1) is 37.8. The second kappa shape index (κ2) is 17.7. The predicted molar refractivity (Wildman–Crippen MR) is 332 cm³/mol. The van der Waals surface area contributed by atoms with Gasteiger partial charge in [-0.25, -0.2) is 0 Å². The summed E-state index contributed by atoms with van der Waals surface area (Å²) in [6, 6.07) is 80.1. The van der Waals surface area contributed by atoms with Crippen molar-refractivity contribution < 1.29 is 8.83 Å². The summed E-state index contributed by atoms with van der Waals surface area (Å²) >= 11 is 0. The molecule has 0 spiro atoms. The Bertz CT molecular complexity index is 4360. The van der Waals surface area contributed by atoms with Crippen LogP contribution in [0.4, 0.5) is 34.1 Å². The Kier molecular flexibility index (Phi) is 10.8. The molecule has 0 unspecified atom stereocenters. The number of fused-ring (bicyclic) bond motifs is 6. The molecule has 0 fully saturated rings. The molecule has 78 heavy (non-hydrogen) atoms. The van der Waals surface area contributed by atoms with Gasteiger partial charge in [-0.15, -0.1) is 0 Å². The van der Waals surface area contributed by atoms with Crippen LogP contribution < -0.4 is 9.80 Å². The second-order valence-corrected chi connectivity index (χ2v) is 23.4. The molecular weight excluding hydrogens is 949 g/mol. The molecule has 378 valence electrons. The van der Waals surface area contributed by atoms with Crippen molar-refractivity contribution in [3.05, 3.63) is 241 Å². The lowest BCUT2D eigenvalue weighted by Crippen LogP contribution is -2.12. The molecule has 0 radical (unpaired) electrons. The smallest absolute Gasteiger partial charge is 0.159 e. The Morgan fingerprint density at radius 3 is 1.09 bits per heavy atom. The van der Waals surface area contributed by atoms with Gasteiger partial charge < -0.3 is 18.6 Å². The molecule has 4 heteroatoms. The highest BCUT2D eigenvalue weighted by molar-refractivity contribution is 6.29. The van der Waals surface area contributed by atoms with Crippen LogP contribution in [-0.2, 0) is 10.8 Å². The van der Waals surface area contributed by atoms with Gasteiger partial charge >= 0.3 is 0 Å². The van der Waals surface area contributed by atoms with Gasteiger partial charge in [-0.2, -0.15) is 0 Å². The molecule has 0 aliphatic heterocycles. The lowest BCUT2D eigenvalue weighted by Gasteiger charge is -2.29. The standard InChI is InChI=1S/C74H60N2O2/c1-45-31-39-59(73(3,4)5)71-65(45)57-27-17-29-63(69(57)77-71)75(53-25-15-23-51(43-53)47-19-11-9-12-20-47)61-41-35-49-34-38-56-62(42-36-50-33-37-55(61)67(49)68(50)56)76(54-26-16-24-52(44-54)48-21-13-10-14-22-48)64-30-18-28-58-66-46(2)32-40-60(74(6,7)8)72(66)78-70(58)64/h9-44H,1-8H3. The minimum atomic E-state index is -0.123. The average molecular weight is 1010 g/mol. The minimum Gasteiger partial charge on any atom is -0.454 e. The van der Waals surface area contributed by atoms with E-state index in [4.69, 9.17) is 8.83 Å². The van der Waals surface area contributed by atoms with Gasteiger partial charge in [0.05, 0.1) is 22.7 Å². The molecular formula is C74H60N2O2. The summed E-state index contributed by atoms with van der Waals surface area (Å²) in [6.07, 6.45) is 0. The Labute approximate surface area is 455 Å². The highest BCUT2D eigenvalue weighted by Gasteiger charge is 2.29. The van der Waals surface area contributed by atoms with Gasteiger partial charge in [0.2, 0.25) is 0 Å². The Morgan fingerprint density at radius 2 is 0.679 bits per heavy atom. The van der Waals surface area contributed by atoms with Gasteiger partial charge in [-0.3, -0.25) is 0 Å². The highest BCUT2D eigenvalue weighted by atomic mass is 16.3. The Balaban J connectivity index is 1.04. The number of rotatable bonds is 8. The van der Waals surface area contributed by atoms with Gasteiger partial charge in [0.15, 0.2) is 11.2 Å². The maximum atomic E-state index is 7.27. The molecule has 0 saturated heterocycles. The summed E-state index contributed by atoms with van der Waals surface area (Å²) in [6.45, 7) is 18.0. The molecule has 0 aliphatic carbocycles. The van der Waals surface area contributed by atoms with Gasteiger partial charge in [0.25, 0.3) is 0 Å². The number of benzene rings is 12. The van der Waals surface area contributed by atoms with E-state index in [2.05, 4.69) is 284 Å². The van der Waals surface area contributed by atoms with E-state index < -0.39 is 0 Å². The van der Waals surface area contributed by atoms with E-state index in [0.717, 1.165) is 100 Å². The largest absolute Gasteiger partial charge is 0.454 e. The molecule has 0 aliphatic rings. The van der Waals surface area contributed by atoms with Gasteiger partial charge in [-0.05, 0) is 128 Å².